The van der Waals surface area contributed by atoms with Crippen molar-refractivity contribution >= 4 is 20.9 Å². The lowest BCUT2D eigenvalue weighted by molar-refractivity contribution is 0.0155. The van der Waals surface area contributed by atoms with Crippen molar-refractivity contribution in [2.75, 3.05) is 19.7 Å². The van der Waals surface area contributed by atoms with Crippen LogP contribution >= 0.6 is 0 Å². The van der Waals surface area contributed by atoms with Crippen LogP contribution in [-0.4, -0.2) is 37.4 Å². The SMILES string of the molecule is Cc1cc(F)c2[nH]c(S(=O)(=O)N3CCCC3)cc2c1C1CCCCO1. The van der Waals surface area contributed by atoms with Crippen molar-refractivity contribution in [3.8, 4) is 0 Å². The third kappa shape index (κ3) is 2.88. The number of hydrogen-bond acceptors (Lipinski definition) is 3. The standard InChI is InChI=1S/C18H23FN2O3S/c1-12-10-14(19)18-13(17(12)15-6-2-5-9-24-15)11-16(20-18)25(22,23)21-7-3-4-8-21/h10-11,15,20H,2-9H2,1H3. The molecule has 2 saturated heterocycles. The second kappa shape index (κ2) is 6.37. The van der Waals surface area contributed by atoms with E-state index >= 15 is 0 Å². The van der Waals surface area contributed by atoms with E-state index in [0.29, 0.717) is 25.1 Å². The fraction of sp³-hybridized carbons (Fsp3) is 0.556. The van der Waals surface area contributed by atoms with Crippen LogP contribution in [0.5, 0.6) is 0 Å². The highest BCUT2D eigenvalue weighted by molar-refractivity contribution is 7.89. The minimum atomic E-state index is -3.61. The molecule has 4 rings (SSSR count). The summed E-state index contributed by atoms with van der Waals surface area (Å²) in [6, 6.07) is 3.06. The number of halogens is 1. The zero-order valence-corrected chi connectivity index (χ0v) is 15.2. The van der Waals surface area contributed by atoms with Gasteiger partial charge >= 0.3 is 0 Å². The monoisotopic (exact) mass is 366 g/mol. The summed E-state index contributed by atoms with van der Waals surface area (Å²) in [6.45, 7) is 3.60. The van der Waals surface area contributed by atoms with Gasteiger partial charge in [-0.1, -0.05) is 0 Å². The van der Waals surface area contributed by atoms with Crippen LogP contribution in [0, 0.1) is 12.7 Å². The van der Waals surface area contributed by atoms with Crippen molar-refractivity contribution in [2.45, 2.75) is 50.2 Å². The Morgan fingerprint density at radius 1 is 1.20 bits per heavy atom. The molecule has 1 aromatic carbocycles. The summed E-state index contributed by atoms with van der Waals surface area (Å²) < 4.78 is 47.5. The number of rotatable bonds is 3. The molecule has 0 aliphatic carbocycles. The zero-order chi connectivity index (χ0) is 17.6. The normalized spacial score (nSPS) is 22.7. The fourth-order valence-corrected chi connectivity index (χ4v) is 5.50. The van der Waals surface area contributed by atoms with Crippen LogP contribution in [0.3, 0.4) is 0 Å². The molecule has 2 fully saturated rings. The Bertz CT molecular complexity index is 895. The molecular formula is C18H23FN2O3S. The molecular weight excluding hydrogens is 343 g/mol. The second-order valence-corrected chi connectivity index (χ2v) is 8.88. The van der Waals surface area contributed by atoms with Crippen LogP contribution < -0.4 is 0 Å². The van der Waals surface area contributed by atoms with Gasteiger partial charge in [0, 0.05) is 25.1 Å². The van der Waals surface area contributed by atoms with Crippen LogP contribution in [0.4, 0.5) is 4.39 Å². The Balaban J connectivity index is 1.85. The summed E-state index contributed by atoms with van der Waals surface area (Å²) in [5, 5.41) is 0.702. The molecule has 25 heavy (non-hydrogen) atoms. The van der Waals surface area contributed by atoms with E-state index in [1.54, 1.807) is 6.07 Å². The lowest BCUT2D eigenvalue weighted by Crippen LogP contribution is -2.28. The third-order valence-electron chi connectivity index (χ3n) is 5.27. The maximum Gasteiger partial charge on any atom is 0.258 e. The van der Waals surface area contributed by atoms with Gasteiger partial charge in [-0.3, -0.25) is 0 Å². The van der Waals surface area contributed by atoms with Gasteiger partial charge in [-0.15, -0.1) is 0 Å². The molecule has 2 aliphatic rings. The van der Waals surface area contributed by atoms with E-state index in [-0.39, 0.29) is 16.6 Å². The van der Waals surface area contributed by atoms with E-state index in [9.17, 15) is 12.8 Å². The number of H-pyrrole nitrogens is 1. The Kier molecular flexibility index (Phi) is 4.33. The summed E-state index contributed by atoms with van der Waals surface area (Å²) >= 11 is 0. The van der Waals surface area contributed by atoms with Crippen LogP contribution in [0.2, 0.25) is 0 Å². The van der Waals surface area contributed by atoms with Crippen molar-refractivity contribution in [1.82, 2.24) is 9.29 Å². The number of nitrogens with one attached hydrogen (secondary N) is 1. The first-order valence-corrected chi connectivity index (χ1v) is 10.4. The van der Waals surface area contributed by atoms with Crippen molar-refractivity contribution < 1.29 is 17.5 Å². The summed E-state index contributed by atoms with van der Waals surface area (Å²) in [5.74, 6) is -0.421. The molecule has 5 nitrogen and oxygen atoms in total. The van der Waals surface area contributed by atoms with Gasteiger partial charge in [-0.05, 0) is 62.3 Å². The lowest BCUT2D eigenvalue weighted by Gasteiger charge is -2.25. The van der Waals surface area contributed by atoms with E-state index < -0.39 is 15.8 Å². The second-order valence-electron chi connectivity index (χ2n) is 6.98. The summed E-state index contributed by atoms with van der Waals surface area (Å²) in [7, 11) is -3.61. The van der Waals surface area contributed by atoms with Crippen molar-refractivity contribution in [3.05, 3.63) is 29.1 Å². The predicted molar refractivity (Wildman–Crippen MR) is 93.5 cm³/mol. The summed E-state index contributed by atoms with van der Waals surface area (Å²) in [5.41, 5.74) is 1.98. The van der Waals surface area contributed by atoms with Gasteiger partial charge in [0.1, 0.15) is 10.8 Å². The Labute approximate surface area is 147 Å². The minimum Gasteiger partial charge on any atom is -0.373 e. The largest absolute Gasteiger partial charge is 0.373 e. The van der Waals surface area contributed by atoms with Gasteiger partial charge in [-0.2, -0.15) is 4.31 Å². The number of aryl methyl sites for hydroxylation is 1. The first-order chi connectivity index (χ1) is 12.0. The fourth-order valence-electron chi connectivity index (χ4n) is 3.99. The van der Waals surface area contributed by atoms with Gasteiger partial charge in [0.05, 0.1) is 11.6 Å². The summed E-state index contributed by atoms with van der Waals surface area (Å²) in [6.07, 6.45) is 4.60. The molecule has 0 bridgehead atoms. The quantitative estimate of drug-likeness (QED) is 0.902. The van der Waals surface area contributed by atoms with E-state index in [1.807, 2.05) is 6.92 Å². The minimum absolute atomic E-state index is 0.0750. The number of aromatic nitrogens is 1. The number of aromatic amines is 1. The van der Waals surface area contributed by atoms with Crippen molar-refractivity contribution in [1.29, 1.82) is 0 Å². The molecule has 0 radical (unpaired) electrons. The van der Waals surface area contributed by atoms with Gasteiger partial charge < -0.3 is 9.72 Å². The molecule has 1 atom stereocenters. The van der Waals surface area contributed by atoms with Crippen molar-refractivity contribution in [2.24, 2.45) is 0 Å². The predicted octanol–water partition coefficient (Wildman–Crippen LogP) is 3.64. The Hall–Kier alpha value is -1.44. The van der Waals surface area contributed by atoms with Gasteiger partial charge in [0.15, 0.2) is 0 Å². The Morgan fingerprint density at radius 2 is 1.96 bits per heavy atom. The molecule has 0 amide bonds. The first-order valence-electron chi connectivity index (χ1n) is 8.92. The van der Waals surface area contributed by atoms with Crippen LogP contribution in [0.1, 0.15) is 49.3 Å². The lowest BCUT2D eigenvalue weighted by atomic mass is 9.94. The number of nitrogens with zero attached hydrogens (tertiary/aromatic N) is 1. The summed E-state index contributed by atoms with van der Waals surface area (Å²) in [4.78, 5) is 2.83. The van der Waals surface area contributed by atoms with Gasteiger partial charge in [0.25, 0.3) is 10.0 Å². The first kappa shape index (κ1) is 17.0. The van der Waals surface area contributed by atoms with E-state index in [2.05, 4.69) is 4.98 Å². The number of fused-ring (bicyclic) bond motifs is 1. The molecule has 2 aromatic rings. The van der Waals surface area contributed by atoms with E-state index in [0.717, 1.165) is 43.2 Å². The molecule has 0 saturated carbocycles. The average molecular weight is 366 g/mol. The highest BCUT2D eigenvalue weighted by Crippen LogP contribution is 2.37. The highest BCUT2D eigenvalue weighted by Gasteiger charge is 2.30. The maximum atomic E-state index is 14.5. The van der Waals surface area contributed by atoms with Gasteiger partial charge in [0.2, 0.25) is 0 Å². The van der Waals surface area contributed by atoms with Crippen molar-refractivity contribution in [3.63, 3.8) is 0 Å². The third-order valence-corrected chi connectivity index (χ3v) is 7.10. The number of ether oxygens (including phenoxy) is 1. The van der Waals surface area contributed by atoms with E-state index in [1.165, 1.54) is 10.4 Å². The molecule has 136 valence electrons. The average Bonchev–Trinajstić information content (AvgIpc) is 3.26. The molecule has 3 heterocycles. The molecule has 0 spiro atoms. The number of hydrogen-bond donors (Lipinski definition) is 1. The van der Waals surface area contributed by atoms with Gasteiger partial charge in [-0.25, -0.2) is 12.8 Å². The zero-order valence-electron chi connectivity index (χ0n) is 14.3. The van der Waals surface area contributed by atoms with Crippen LogP contribution in [0.25, 0.3) is 10.9 Å². The molecule has 7 heteroatoms. The molecule has 1 aromatic heterocycles. The van der Waals surface area contributed by atoms with E-state index in [4.69, 9.17) is 4.74 Å². The Morgan fingerprint density at radius 3 is 2.64 bits per heavy atom. The molecule has 1 unspecified atom stereocenters. The molecule has 1 N–H and O–H groups in total. The number of sulfonamides is 1. The molecule has 2 aliphatic heterocycles. The van der Waals surface area contributed by atoms with Crippen LogP contribution in [-0.2, 0) is 14.8 Å². The van der Waals surface area contributed by atoms with Crippen LogP contribution in [0.15, 0.2) is 17.2 Å². The smallest absolute Gasteiger partial charge is 0.258 e. The topological polar surface area (TPSA) is 62.4 Å². The number of benzene rings is 1. The highest BCUT2D eigenvalue weighted by atomic mass is 32.2. The maximum absolute atomic E-state index is 14.5.